The molecule has 0 spiro atoms. The van der Waals surface area contributed by atoms with Crippen LogP contribution in [0.4, 0.5) is 13.2 Å². The summed E-state index contributed by atoms with van der Waals surface area (Å²) in [5.74, 6) is -2.30. The average Bonchev–Trinajstić information content (AvgIpc) is 2.68. The Balaban J connectivity index is 2.17. The van der Waals surface area contributed by atoms with Crippen molar-refractivity contribution in [2.45, 2.75) is 25.1 Å². The third-order valence-corrected chi connectivity index (χ3v) is 2.64. The topological polar surface area (TPSA) is 29.1 Å². The molecule has 1 amide bonds. The van der Waals surface area contributed by atoms with Gasteiger partial charge in [-0.15, -0.1) is 0 Å². The van der Waals surface area contributed by atoms with Crippen LogP contribution in [0.15, 0.2) is 18.2 Å². The van der Waals surface area contributed by atoms with Crippen LogP contribution in [0.25, 0.3) is 0 Å². The van der Waals surface area contributed by atoms with Crippen LogP contribution in [0.5, 0.6) is 0 Å². The predicted octanol–water partition coefficient (Wildman–Crippen LogP) is 2.25. The first kappa shape index (κ1) is 11.0. The molecular formula is C11H10F3NO. The molecule has 86 valence electrons. The van der Waals surface area contributed by atoms with Crippen molar-refractivity contribution in [3.05, 3.63) is 35.4 Å². The first-order chi connectivity index (χ1) is 7.58. The summed E-state index contributed by atoms with van der Waals surface area (Å²) < 4.78 is 39.3. The number of halogens is 3. The number of carbonyl (C=O) groups excluding carboxylic acids is 1. The van der Waals surface area contributed by atoms with Gasteiger partial charge in [-0.25, -0.2) is 13.2 Å². The summed E-state index contributed by atoms with van der Waals surface area (Å²) in [4.78, 5) is 10.9. The smallest absolute Gasteiger partial charge is 0.220 e. The van der Waals surface area contributed by atoms with Gasteiger partial charge in [0.05, 0.1) is 6.04 Å². The third kappa shape index (κ3) is 2.03. The van der Waals surface area contributed by atoms with E-state index in [9.17, 15) is 18.0 Å². The van der Waals surface area contributed by atoms with Gasteiger partial charge in [-0.2, -0.15) is 0 Å². The molecule has 5 heteroatoms. The largest absolute Gasteiger partial charge is 0.350 e. The lowest BCUT2D eigenvalue weighted by molar-refractivity contribution is -0.119. The van der Waals surface area contributed by atoms with Crippen LogP contribution in [0.3, 0.4) is 0 Å². The summed E-state index contributed by atoms with van der Waals surface area (Å²) >= 11 is 0. The Bertz CT molecular complexity index is 422. The quantitative estimate of drug-likeness (QED) is 0.828. The highest BCUT2D eigenvalue weighted by atomic mass is 19.2. The molecule has 1 aromatic carbocycles. The monoisotopic (exact) mass is 229 g/mol. The van der Waals surface area contributed by atoms with E-state index in [1.165, 1.54) is 6.07 Å². The molecule has 0 bridgehead atoms. The number of amides is 1. The molecular weight excluding hydrogens is 219 g/mol. The molecule has 1 saturated heterocycles. The molecule has 2 nitrogen and oxygen atoms in total. The Morgan fingerprint density at radius 2 is 2.06 bits per heavy atom. The van der Waals surface area contributed by atoms with Crippen LogP contribution in [-0.2, 0) is 4.79 Å². The van der Waals surface area contributed by atoms with Crippen molar-refractivity contribution in [1.29, 1.82) is 0 Å². The number of alkyl halides is 1. The predicted molar refractivity (Wildman–Crippen MR) is 51.4 cm³/mol. The molecule has 2 rings (SSSR count). The fourth-order valence-corrected chi connectivity index (χ4v) is 1.77. The van der Waals surface area contributed by atoms with Gasteiger partial charge < -0.3 is 5.32 Å². The van der Waals surface area contributed by atoms with Crippen LogP contribution >= 0.6 is 0 Å². The molecule has 1 aliphatic rings. The summed E-state index contributed by atoms with van der Waals surface area (Å²) in [5, 5.41) is 2.46. The summed E-state index contributed by atoms with van der Waals surface area (Å²) in [6, 6.07) is 2.25. The van der Waals surface area contributed by atoms with Gasteiger partial charge in [0, 0.05) is 6.42 Å². The van der Waals surface area contributed by atoms with E-state index in [2.05, 4.69) is 5.32 Å². The van der Waals surface area contributed by atoms with Gasteiger partial charge in [-0.1, -0.05) is 6.07 Å². The van der Waals surface area contributed by atoms with Gasteiger partial charge in [0.25, 0.3) is 0 Å². The minimum absolute atomic E-state index is 0.0473. The second-order valence-electron chi connectivity index (χ2n) is 3.79. The maximum absolute atomic E-state index is 13.8. The lowest BCUT2D eigenvalue weighted by Gasteiger charge is -2.15. The molecule has 1 heterocycles. The molecule has 1 N–H and O–H groups in total. The standard InChI is InChI=1S/C11H10F3NO/c12-7-2-1-6(5-8(7)13)11(14)9-3-4-10(16)15-9/h1-2,5,9,11H,3-4H2,(H,15,16)/t9?,11-/m1/s1. The zero-order valence-electron chi connectivity index (χ0n) is 8.34. The highest BCUT2D eigenvalue weighted by molar-refractivity contribution is 5.78. The summed E-state index contributed by atoms with van der Waals surface area (Å²) in [5.41, 5.74) is 0.0473. The van der Waals surface area contributed by atoms with Gasteiger partial charge in [-0.05, 0) is 24.1 Å². The fraction of sp³-hybridized carbons (Fsp3) is 0.364. The Morgan fingerprint density at radius 1 is 1.31 bits per heavy atom. The van der Waals surface area contributed by atoms with Crippen molar-refractivity contribution in [2.24, 2.45) is 0 Å². The van der Waals surface area contributed by atoms with E-state index in [0.717, 1.165) is 12.1 Å². The number of carbonyl (C=O) groups is 1. The Morgan fingerprint density at radius 3 is 2.62 bits per heavy atom. The zero-order valence-corrected chi connectivity index (χ0v) is 8.34. The van der Waals surface area contributed by atoms with Crippen molar-refractivity contribution in [1.82, 2.24) is 5.32 Å². The van der Waals surface area contributed by atoms with Crippen LogP contribution in [0.1, 0.15) is 24.6 Å². The number of hydrogen-bond acceptors (Lipinski definition) is 1. The van der Waals surface area contributed by atoms with Crippen LogP contribution < -0.4 is 5.32 Å². The molecule has 0 radical (unpaired) electrons. The molecule has 1 aliphatic heterocycles. The van der Waals surface area contributed by atoms with E-state index in [0.29, 0.717) is 6.42 Å². The molecule has 0 aliphatic carbocycles. The van der Waals surface area contributed by atoms with Crippen LogP contribution in [0, 0.1) is 11.6 Å². The van der Waals surface area contributed by atoms with Crippen molar-refractivity contribution < 1.29 is 18.0 Å². The van der Waals surface area contributed by atoms with Gasteiger partial charge in [0.2, 0.25) is 5.91 Å². The van der Waals surface area contributed by atoms with Gasteiger partial charge in [0.1, 0.15) is 6.17 Å². The summed E-state index contributed by atoms with van der Waals surface area (Å²) in [6.07, 6.45) is -0.852. The van der Waals surface area contributed by atoms with E-state index in [4.69, 9.17) is 0 Å². The first-order valence-corrected chi connectivity index (χ1v) is 4.96. The minimum Gasteiger partial charge on any atom is -0.350 e. The zero-order chi connectivity index (χ0) is 11.7. The molecule has 0 aromatic heterocycles. The maximum Gasteiger partial charge on any atom is 0.220 e. The SMILES string of the molecule is O=C1CCC([C@H](F)c2ccc(F)c(F)c2)N1. The molecule has 1 fully saturated rings. The van der Waals surface area contributed by atoms with E-state index in [-0.39, 0.29) is 17.9 Å². The van der Waals surface area contributed by atoms with Gasteiger partial charge in [-0.3, -0.25) is 4.79 Å². The number of nitrogens with one attached hydrogen (secondary N) is 1. The average molecular weight is 229 g/mol. The normalized spacial score (nSPS) is 21.9. The van der Waals surface area contributed by atoms with Crippen LogP contribution in [-0.4, -0.2) is 11.9 Å². The van der Waals surface area contributed by atoms with Crippen molar-refractivity contribution in [3.8, 4) is 0 Å². The van der Waals surface area contributed by atoms with E-state index in [1.54, 1.807) is 0 Å². The second kappa shape index (κ2) is 4.15. The lowest BCUT2D eigenvalue weighted by atomic mass is 10.0. The van der Waals surface area contributed by atoms with Crippen molar-refractivity contribution in [2.75, 3.05) is 0 Å². The molecule has 0 saturated carbocycles. The Labute approximate surface area is 90.5 Å². The highest BCUT2D eigenvalue weighted by Gasteiger charge is 2.30. The fourth-order valence-electron chi connectivity index (χ4n) is 1.77. The van der Waals surface area contributed by atoms with E-state index >= 15 is 0 Å². The second-order valence-corrected chi connectivity index (χ2v) is 3.79. The van der Waals surface area contributed by atoms with Crippen molar-refractivity contribution in [3.63, 3.8) is 0 Å². The third-order valence-electron chi connectivity index (χ3n) is 2.64. The number of hydrogen-bond donors (Lipinski definition) is 1. The van der Waals surface area contributed by atoms with Gasteiger partial charge in [0.15, 0.2) is 11.6 Å². The van der Waals surface area contributed by atoms with E-state index < -0.39 is 23.8 Å². The number of benzene rings is 1. The maximum atomic E-state index is 13.8. The van der Waals surface area contributed by atoms with E-state index in [1.807, 2.05) is 0 Å². The highest BCUT2D eigenvalue weighted by Crippen LogP contribution is 2.27. The summed E-state index contributed by atoms with van der Waals surface area (Å²) in [6.45, 7) is 0. The first-order valence-electron chi connectivity index (χ1n) is 4.96. The lowest BCUT2D eigenvalue weighted by Crippen LogP contribution is -2.29. The Hall–Kier alpha value is -1.52. The molecule has 1 aromatic rings. The minimum atomic E-state index is -1.50. The number of rotatable bonds is 2. The van der Waals surface area contributed by atoms with Crippen LogP contribution in [0.2, 0.25) is 0 Å². The van der Waals surface area contributed by atoms with Crippen molar-refractivity contribution >= 4 is 5.91 Å². The van der Waals surface area contributed by atoms with Gasteiger partial charge >= 0.3 is 0 Å². The summed E-state index contributed by atoms with van der Waals surface area (Å²) in [7, 11) is 0. The Kier molecular flexibility index (Phi) is 2.85. The molecule has 16 heavy (non-hydrogen) atoms. The molecule has 2 atom stereocenters. The molecule has 1 unspecified atom stereocenters.